The number of amides is 2. The topological polar surface area (TPSA) is 67.1 Å². The van der Waals surface area contributed by atoms with Crippen molar-refractivity contribution >= 4 is 17.8 Å². The van der Waals surface area contributed by atoms with Gasteiger partial charge in [0.2, 0.25) is 0 Å². The van der Waals surface area contributed by atoms with Crippen LogP contribution in [-0.4, -0.2) is 23.6 Å². The lowest BCUT2D eigenvalue weighted by atomic mass is 10.2. The second-order valence-electron chi connectivity index (χ2n) is 2.50. The van der Waals surface area contributed by atoms with Gasteiger partial charge in [0.05, 0.1) is 0 Å². The molecule has 1 heterocycles. The third kappa shape index (κ3) is 2.98. The molecule has 0 bridgehead atoms. The second-order valence-corrected chi connectivity index (χ2v) is 3.73. The molecule has 2 amide bonds. The predicted molar refractivity (Wildman–Crippen MR) is 46.2 cm³/mol. The van der Waals surface area contributed by atoms with Crippen molar-refractivity contribution in [2.24, 2.45) is 5.84 Å². The monoisotopic (exact) mass is 175 g/mol. The van der Waals surface area contributed by atoms with E-state index in [9.17, 15) is 4.79 Å². The number of hydrazine groups is 1. The Morgan fingerprint density at radius 2 is 2.09 bits per heavy atom. The molecule has 64 valence electrons. The molecular formula is C6H13N3OS. The number of rotatable bonds is 1. The third-order valence-corrected chi connectivity index (χ3v) is 2.74. The van der Waals surface area contributed by atoms with Crippen LogP contribution < -0.4 is 16.6 Å². The summed E-state index contributed by atoms with van der Waals surface area (Å²) >= 11 is 1.93. The molecule has 0 atom stereocenters. The van der Waals surface area contributed by atoms with Gasteiger partial charge in [-0.3, -0.25) is 5.43 Å². The summed E-state index contributed by atoms with van der Waals surface area (Å²) in [7, 11) is 0. The largest absolute Gasteiger partial charge is 0.334 e. The summed E-state index contributed by atoms with van der Waals surface area (Å²) in [6, 6.07) is 0.0432. The van der Waals surface area contributed by atoms with E-state index in [0.29, 0.717) is 6.04 Å². The van der Waals surface area contributed by atoms with Gasteiger partial charge in [-0.25, -0.2) is 10.6 Å². The van der Waals surface area contributed by atoms with Gasteiger partial charge in [0.25, 0.3) is 0 Å². The molecule has 0 aromatic carbocycles. The summed E-state index contributed by atoms with van der Waals surface area (Å²) in [5, 5.41) is 2.78. The predicted octanol–water partition coefficient (Wildman–Crippen LogP) is 0.0549. The van der Waals surface area contributed by atoms with E-state index in [1.54, 1.807) is 0 Å². The molecule has 11 heavy (non-hydrogen) atoms. The molecule has 0 aromatic rings. The average molecular weight is 175 g/mol. The summed E-state index contributed by atoms with van der Waals surface area (Å²) < 4.78 is 0. The molecule has 4 N–H and O–H groups in total. The molecule has 0 saturated carbocycles. The van der Waals surface area contributed by atoms with Gasteiger partial charge in [-0.2, -0.15) is 11.8 Å². The number of thioether (sulfide) groups is 1. The highest BCUT2D eigenvalue weighted by Gasteiger charge is 2.14. The average Bonchev–Trinajstić information content (AvgIpc) is 2.06. The maximum absolute atomic E-state index is 10.7. The van der Waals surface area contributed by atoms with Gasteiger partial charge in [0.15, 0.2) is 0 Å². The van der Waals surface area contributed by atoms with Gasteiger partial charge < -0.3 is 5.32 Å². The zero-order valence-electron chi connectivity index (χ0n) is 6.30. The van der Waals surface area contributed by atoms with Gasteiger partial charge in [0, 0.05) is 6.04 Å². The second kappa shape index (κ2) is 4.46. The fraction of sp³-hybridized carbons (Fsp3) is 0.833. The highest BCUT2D eigenvalue weighted by molar-refractivity contribution is 7.99. The van der Waals surface area contributed by atoms with Crippen LogP contribution in [0.2, 0.25) is 0 Å². The molecule has 0 aromatic heterocycles. The van der Waals surface area contributed by atoms with Gasteiger partial charge >= 0.3 is 6.03 Å². The highest BCUT2D eigenvalue weighted by atomic mass is 32.2. The van der Waals surface area contributed by atoms with Crippen LogP contribution in [0.3, 0.4) is 0 Å². The van der Waals surface area contributed by atoms with Crippen LogP contribution in [-0.2, 0) is 0 Å². The van der Waals surface area contributed by atoms with Gasteiger partial charge in [-0.1, -0.05) is 0 Å². The Morgan fingerprint density at radius 3 is 2.64 bits per heavy atom. The maximum Gasteiger partial charge on any atom is 0.329 e. The van der Waals surface area contributed by atoms with Crippen LogP contribution in [0.4, 0.5) is 4.79 Å². The van der Waals surface area contributed by atoms with E-state index in [2.05, 4.69) is 10.7 Å². The number of hydrogen-bond donors (Lipinski definition) is 3. The van der Waals surface area contributed by atoms with E-state index < -0.39 is 0 Å². The minimum absolute atomic E-state index is 0.276. The Hall–Kier alpha value is -0.420. The van der Waals surface area contributed by atoms with Crippen molar-refractivity contribution in [1.82, 2.24) is 10.7 Å². The van der Waals surface area contributed by atoms with Crippen molar-refractivity contribution in [1.29, 1.82) is 0 Å². The molecule has 0 spiro atoms. The molecule has 1 rings (SSSR count). The fourth-order valence-corrected chi connectivity index (χ4v) is 2.18. The smallest absolute Gasteiger partial charge is 0.329 e. The van der Waals surface area contributed by atoms with E-state index >= 15 is 0 Å². The zero-order chi connectivity index (χ0) is 8.10. The Bertz CT molecular complexity index is 136. The lowest BCUT2D eigenvalue weighted by molar-refractivity contribution is 0.236. The number of carbonyl (C=O) groups excluding carboxylic acids is 1. The summed E-state index contributed by atoms with van der Waals surface area (Å²) in [6.45, 7) is 0. The number of nitrogens with two attached hydrogens (primary N) is 1. The molecule has 5 heteroatoms. The van der Waals surface area contributed by atoms with Gasteiger partial charge in [0.1, 0.15) is 0 Å². The molecule has 0 unspecified atom stereocenters. The number of nitrogens with one attached hydrogen (secondary N) is 2. The van der Waals surface area contributed by atoms with Gasteiger partial charge in [-0.15, -0.1) is 0 Å². The Labute approximate surface area is 70.3 Å². The standard InChI is InChI=1S/C6H13N3OS/c7-9-6(10)8-5-1-3-11-4-2-5/h5H,1-4,7H2,(H2,8,9,10). The van der Waals surface area contributed by atoms with Crippen LogP contribution in [0.25, 0.3) is 0 Å². The maximum atomic E-state index is 10.7. The highest BCUT2D eigenvalue weighted by Crippen LogP contribution is 2.16. The first kappa shape index (κ1) is 8.67. The van der Waals surface area contributed by atoms with Crippen molar-refractivity contribution in [3.63, 3.8) is 0 Å². The van der Waals surface area contributed by atoms with E-state index in [1.165, 1.54) is 0 Å². The van der Waals surface area contributed by atoms with E-state index in [4.69, 9.17) is 5.84 Å². The Balaban J connectivity index is 2.19. The van der Waals surface area contributed by atoms with Crippen molar-refractivity contribution in [2.75, 3.05) is 11.5 Å². The molecule has 1 saturated heterocycles. The summed E-state index contributed by atoms with van der Waals surface area (Å²) in [5.74, 6) is 7.19. The van der Waals surface area contributed by atoms with Crippen LogP contribution in [0.1, 0.15) is 12.8 Å². The van der Waals surface area contributed by atoms with Crippen molar-refractivity contribution in [3.8, 4) is 0 Å². The van der Waals surface area contributed by atoms with Crippen molar-refractivity contribution < 1.29 is 4.79 Å². The lowest BCUT2D eigenvalue weighted by Gasteiger charge is -2.21. The van der Waals surface area contributed by atoms with Crippen LogP contribution in [0.15, 0.2) is 0 Å². The minimum Gasteiger partial charge on any atom is -0.334 e. The lowest BCUT2D eigenvalue weighted by Crippen LogP contribution is -2.46. The molecule has 1 aliphatic heterocycles. The van der Waals surface area contributed by atoms with Crippen LogP contribution in [0, 0.1) is 0 Å². The van der Waals surface area contributed by atoms with Crippen molar-refractivity contribution in [2.45, 2.75) is 18.9 Å². The summed E-state index contributed by atoms with van der Waals surface area (Å²) in [5.41, 5.74) is 2.06. The van der Waals surface area contributed by atoms with Crippen LogP contribution in [0.5, 0.6) is 0 Å². The molecule has 4 nitrogen and oxygen atoms in total. The first-order valence-corrected chi connectivity index (χ1v) is 4.83. The fourth-order valence-electron chi connectivity index (χ4n) is 1.07. The summed E-state index contributed by atoms with van der Waals surface area (Å²) in [6.07, 6.45) is 2.11. The van der Waals surface area contributed by atoms with Crippen molar-refractivity contribution in [3.05, 3.63) is 0 Å². The first-order valence-electron chi connectivity index (χ1n) is 3.68. The number of carbonyl (C=O) groups is 1. The number of urea groups is 1. The van der Waals surface area contributed by atoms with Crippen LogP contribution >= 0.6 is 11.8 Å². The molecule has 1 fully saturated rings. The SMILES string of the molecule is NNC(=O)NC1CCSCC1. The number of hydrogen-bond acceptors (Lipinski definition) is 3. The van der Waals surface area contributed by atoms with E-state index in [-0.39, 0.29) is 6.03 Å². The summed E-state index contributed by atoms with van der Waals surface area (Å²) in [4.78, 5) is 10.7. The molecule has 0 aliphatic carbocycles. The Morgan fingerprint density at radius 1 is 1.45 bits per heavy atom. The minimum atomic E-state index is -0.276. The first-order chi connectivity index (χ1) is 5.33. The molecule has 1 aliphatic rings. The quantitative estimate of drug-likeness (QED) is 0.300. The zero-order valence-corrected chi connectivity index (χ0v) is 7.12. The van der Waals surface area contributed by atoms with E-state index in [1.807, 2.05) is 11.8 Å². The third-order valence-electron chi connectivity index (χ3n) is 1.69. The molecular weight excluding hydrogens is 162 g/mol. The Kier molecular flexibility index (Phi) is 3.51. The normalized spacial score (nSPS) is 19.4. The van der Waals surface area contributed by atoms with Gasteiger partial charge in [-0.05, 0) is 24.3 Å². The van der Waals surface area contributed by atoms with E-state index in [0.717, 1.165) is 24.3 Å². The molecule has 0 radical (unpaired) electrons.